The van der Waals surface area contributed by atoms with Crippen LogP contribution >= 0.6 is 0 Å². The molecule has 3 aromatic rings. The Bertz CT molecular complexity index is 1000. The van der Waals surface area contributed by atoms with Crippen LogP contribution in [0.3, 0.4) is 0 Å². The fourth-order valence-electron chi connectivity index (χ4n) is 2.42. The number of ether oxygens (including phenoxy) is 2. The lowest BCUT2D eigenvalue weighted by Gasteiger charge is -2.08. The molecule has 0 aliphatic carbocycles. The van der Waals surface area contributed by atoms with Crippen molar-refractivity contribution in [2.24, 2.45) is 0 Å². The van der Waals surface area contributed by atoms with Crippen molar-refractivity contribution in [1.82, 2.24) is 14.7 Å². The summed E-state index contributed by atoms with van der Waals surface area (Å²) in [5, 5.41) is 0. The summed E-state index contributed by atoms with van der Waals surface area (Å²) in [6, 6.07) is 15.4. The normalized spacial score (nSPS) is 11.2. The third-order valence-electron chi connectivity index (χ3n) is 3.92. The third-order valence-corrected chi connectivity index (χ3v) is 5.34. The van der Waals surface area contributed by atoms with E-state index in [0.29, 0.717) is 17.1 Å². The van der Waals surface area contributed by atoms with E-state index < -0.39 is 10.0 Å². The van der Waals surface area contributed by atoms with Crippen LogP contribution in [0, 0.1) is 0 Å². The summed E-state index contributed by atoms with van der Waals surface area (Å²) in [6.07, 6.45) is 1.41. The number of hydrogen-bond acceptors (Lipinski definition) is 6. The van der Waals surface area contributed by atoms with Gasteiger partial charge in [0.1, 0.15) is 17.8 Å². The maximum absolute atomic E-state index is 12.4. The van der Waals surface area contributed by atoms with Crippen molar-refractivity contribution >= 4 is 10.0 Å². The molecule has 0 unspecified atom stereocenters. The summed E-state index contributed by atoms with van der Waals surface area (Å²) < 4.78 is 37.6. The molecular formula is C19H19N3O4S. The average molecular weight is 385 g/mol. The molecule has 2 aromatic carbocycles. The number of nitrogens with zero attached hydrogens (tertiary/aromatic N) is 2. The van der Waals surface area contributed by atoms with Gasteiger partial charge in [-0.2, -0.15) is 0 Å². The molecular weight excluding hydrogens is 366 g/mol. The molecule has 8 heteroatoms. The second-order valence-corrected chi connectivity index (χ2v) is 7.39. The Balaban J connectivity index is 1.73. The van der Waals surface area contributed by atoms with E-state index in [4.69, 9.17) is 9.47 Å². The lowest BCUT2D eigenvalue weighted by Crippen LogP contribution is -2.23. The zero-order chi connectivity index (χ0) is 19.3. The topological polar surface area (TPSA) is 90.4 Å². The molecule has 1 N–H and O–H groups in total. The van der Waals surface area contributed by atoms with Crippen LogP contribution in [-0.2, 0) is 16.6 Å². The standard InChI is InChI=1S/C19H19N3O4S/c1-25-16-5-3-14(4-6-16)19-11-15(20-13-21-19)12-22-27(23,24)18-9-7-17(26-2)8-10-18/h3-11,13,22H,12H2,1-2H3. The molecule has 0 radical (unpaired) electrons. The van der Waals surface area contributed by atoms with Gasteiger partial charge in [-0.1, -0.05) is 0 Å². The summed E-state index contributed by atoms with van der Waals surface area (Å²) in [6.45, 7) is 0.0556. The Kier molecular flexibility index (Phi) is 5.68. The highest BCUT2D eigenvalue weighted by Crippen LogP contribution is 2.21. The first kappa shape index (κ1) is 18.8. The smallest absolute Gasteiger partial charge is 0.240 e. The molecule has 140 valence electrons. The van der Waals surface area contributed by atoms with Crippen molar-refractivity contribution in [2.45, 2.75) is 11.4 Å². The summed E-state index contributed by atoms with van der Waals surface area (Å²) in [5.41, 5.74) is 2.15. The monoisotopic (exact) mass is 385 g/mol. The van der Waals surface area contributed by atoms with Gasteiger partial charge in [0.25, 0.3) is 0 Å². The molecule has 0 saturated carbocycles. The van der Waals surface area contributed by atoms with Crippen molar-refractivity contribution in [3.8, 4) is 22.8 Å². The number of sulfonamides is 1. The van der Waals surface area contributed by atoms with Gasteiger partial charge < -0.3 is 9.47 Å². The summed E-state index contributed by atoms with van der Waals surface area (Å²) in [7, 11) is -0.523. The van der Waals surface area contributed by atoms with Crippen LogP contribution in [0.4, 0.5) is 0 Å². The minimum absolute atomic E-state index is 0.0556. The van der Waals surface area contributed by atoms with Gasteiger partial charge in [-0.3, -0.25) is 0 Å². The largest absolute Gasteiger partial charge is 0.497 e. The van der Waals surface area contributed by atoms with E-state index in [1.807, 2.05) is 24.3 Å². The molecule has 1 aromatic heterocycles. The molecule has 0 spiro atoms. The summed E-state index contributed by atoms with van der Waals surface area (Å²) in [5.74, 6) is 1.34. The Morgan fingerprint density at radius 2 is 1.48 bits per heavy atom. The van der Waals surface area contributed by atoms with Gasteiger partial charge >= 0.3 is 0 Å². The van der Waals surface area contributed by atoms with E-state index in [9.17, 15) is 8.42 Å². The lowest BCUT2D eigenvalue weighted by molar-refractivity contribution is 0.414. The summed E-state index contributed by atoms with van der Waals surface area (Å²) in [4.78, 5) is 8.54. The maximum Gasteiger partial charge on any atom is 0.240 e. The van der Waals surface area contributed by atoms with Gasteiger partial charge in [0, 0.05) is 5.56 Å². The van der Waals surface area contributed by atoms with E-state index in [-0.39, 0.29) is 11.4 Å². The van der Waals surface area contributed by atoms with Crippen LogP contribution in [-0.4, -0.2) is 32.6 Å². The highest BCUT2D eigenvalue weighted by molar-refractivity contribution is 7.89. The van der Waals surface area contributed by atoms with Crippen molar-refractivity contribution < 1.29 is 17.9 Å². The van der Waals surface area contributed by atoms with Crippen LogP contribution in [0.15, 0.2) is 65.8 Å². The molecule has 0 aliphatic rings. The van der Waals surface area contributed by atoms with Crippen LogP contribution in [0.2, 0.25) is 0 Å². The van der Waals surface area contributed by atoms with Gasteiger partial charge in [-0.15, -0.1) is 0 Å². The van der Waals surface area contributed by atoms with Crippen molar-refractivity contribution in [2.75, 3.05) is 14.2 Å². The second-order valence-electron chi connectivity index (χ2n) is 5.62. The first-order valence-corrected chi connectivity index (χ1v) is 9.59. The zero-order valence-corrected chi connectivity index (χ0v) is 15.7. The fourth-order valence-corrected chi connectivity index (χ4v) is 3.42. The van der Waals surface area contributed by atoms with E-state index in [1.165, 1.54) is 25.6 Å². The molecule has 0 bridgehead atoms. The van der Waals surface area contributed by atoms with Crippen LogP contribution in [0.1, 0.15) is 5.69 Å². The van der Waals surface area contributed by atoms with Crippen LogP contribution in [0.5, 0.6) is 11.5 Å². The Labute approximate surface area is 158 Å². The Morgan fingerprint density at radius 1 is 0.889 bits per heavy atom. The van der Waals surface area contributed by atoms with E-state index in [0.717, 1.165) is 11.3 Å². The average Bonchev–Trinajstić information content (AvgIpc) is 2.72. The zero-order valence-electron chi connectivity index (χ0n) is 14.9. The van der Waals surface area contributed by atoms with Crippen molar-refractivity contribution in [3.05, 3.63) is 66.6 Å². The number of nitrogens with one attached hydrogen (secondary N) is 1. The van der Waals surface area contributed by atoms with E-state index >= 15 is 0 Å². The van der Waals surface area contributed by atoms with Gasteiger partial charge in [-0.25, -0.2) is 23.1 Å². The van der Waals surface area contributed by atoms with Crippen LogP contribution in [0.25, 0.3) is 11.3 Å². The summed E-state index contributed by atoms with van der Waals surface area (Å²) >= 11 is 0. The van der Waals surface area contributed by atoms with Crippen molar-refractivity contribution in [1.29, 1.82) is 0 Å². The number of aromatic nitrogens is 2. The molecule has 0 atom stereocenters. The third kappa shape index (κ3) is 4.60. The van der Waals surface area contributed by atoms with E-state index in [1.54, 1.807) is 25.3 Å². The predicted octanol–water partition coefficient (Wildman–Crippen LogP) is 2.64. The van der Waals surface area contributed by atoms with Gasteiger partial charge in [0.05, 0.1) is 37.0 Å². The molecule has 1 heterocycles. The SMILES string of the molecule is COc1ccc(-c2cc(CNS(=O)(=O)c3ccc(OC)cc3)ncn2)cc1. The molecule has 0 amide bonds. The minimum Gasteiger partial charge on any atom is -0.497 e. The molecule has 0 aliphatic heterocycles. The number of rotatable bonds is 7. The molecule has 7 nitrogen and oxygen atoms in total. The minimum atomic E-state index is -3.65. The molecule has 0 saturated heterocycles. The van der Waals surface area contributed by atoms with Crippen molar-refractivity contribution in [3.63, 3.8) is 0 Å². The number of benzene rings is 2. The first-order chi connectivity index (χ1) is 13.0. The van der Waals surface area contributed by atoms with Gasteiger partial charge in [0.15, 0.2) is 0 Å². The first-order valence-electron chi connectivity index (χ1n) is 8.11. The van der Waals surface area contributed by atoms with Gasteiger partial charge in [-0.05, 0) is 54.6 Å². The highest BCUT2D eigenvalue weighted by atomic mass is 32.2. The Morgan fingerprint density at radius 3 is 2.07 bits per heavy atom. The fraction of sp³-hybridized carbons (Fsp3) is 0.158. The van der Waals surface area contributed by atoms with Gasteiger partial charge in [0.2, 0.25) is 10.0 Å². The molecule has 0 fully saturated rings. The Hall–Kier alpha value is -2.97. The van der Waals surface area contributed by atoms with E-state index in [2.05, 4.69) is 14.7 Å². The predicted molar refractivity (Wildman–Crippen MR) is 101 cm³/mol. The number of hydrogen-bond donors (Lipinski definition) is 1. The van der Waals surface area contributed by atoms with Crippen LogP contribution < -0.4 is 14.2 Å². The maximum atomic E-state index is 12.4. The quantitative estimate of drug-likeness (QED) is 0.672. The number of methoxy groups -OCH3 is 2. The second kappa shape index (κ2) is 8.15. The lowest BCUT2D eigenvalue weighted by atomic mass is 10.1. The molecule has 27 heavy (non-hydrogen) atoms. The molecule has 3 rings (SSSR count). The highest BCUT2D eigenvalue weighted by Gasteiger charge is 2.14.